The zero-order valence-corrected chi connectivity index (χ0v) is 11.7. The minimum absolute atomic E-state index is 0.485. The van der Waals surface area contributed by atoms with Crippen LogP contribution in [-0.4, -0.2) is 27.5 Å². The highest BCUT2D eigenvalue weighted by molar-refractivity contribution is 6.08. The number of allylic oxidation sites excluding steroid dienone is 1. The van der Waals surface area contributed by atoms with E-state index in [4.69, 9.17) is 5.73 Å². The van der Waals surface area contributed by atoms with E-state index >= 15 is 0 Å². The Morgan fingerprint density at radius 3 is 2.95 bits per heavy atom. The Kier molecular flexibility index (Phi) is 2.54. The number of hydrogen-bond donors (Lipinski definition) is 1. The lowest BCUT2D eigenvalue weighted by Gasteiger charge is -2.05. The van der Waals surface area contributed by atoms with Gasteiger partial charge in [0.25, 0.3) is 0 Å². The van der Waals surface area contributed by atoms with Gasteiger partial charge in [-0.1, -0.05) is 12.1 Å². The molecule has 1 aromatic carbocycles. The molecule has 104 valence electrons. The Morgan fingerprint density at radius 2 is 2.19 bits per heavy atom. The molecule has 1 aliphatic rings. The number of hydrogen-bond acceptors (Lipinski definition) is 4. The van der Waals surface area contributed by atoms with Crippen LogP contribution in [0.5, 0.6) is 0 Å². The van der Waals surface area contributed by atoms with Crippen LogP contribution in [0, 0.1) is 0 Å². The summed E-state index contributed by atoms with van der Waals surface area (Å²) in [5.41, 5.74) is 10.1. The maximum absolute atomic E-state index is 6.07. The molecule has 5 heteroatoms. The number of aromatic nitrogens is 3. The molecule has 3 heterocycles. The quantitative estimate of drug-likeness (QED) is 0.783. The van der Waals surface area contributed by atoms with Crippen LogP contribution >= 0.6 is 0 Å². The van der Waals surface area contributed by atoms with Crippen molar-refractivity contribution in [2.75, 3.05) is 12.3 Å². The molecule has 0 atom stereocenters. The molecule has 0 spiro atoms. The van der Waals surface area contributed by atoms with E-state index in [2.05, 4.69) is 40.2 Å². The van der Waals surface area contributed by atoms with Gasteiger partial charge in [-0.3, -0.25) is 9.67 Å². The summed E-state index contributed by atoms with van der Waals surface area (Å²) in [7, 11) is 0. The number of nitrogens with two attached hydrogens (primary N) is 1. The number of anilines is 1. The highest BCUT2D eigenvalue weighted by Crippen LogP contribution is 2.29. The van der Waals surface area contributed by atoms with E-state index in [0.717, 1.165) is 40.5 Å². The first-order valence-electron chi connectivity index (χ1n) is 7.02. The fourth-order valence-electron chi connectivity index (χ4n) is 2.74. The first-order valence-corrected chi connectivity index (χ1v) is 7.02. The summed E-state index contributed by atoms with van der Waals surface area (Å²) in [6, 6.07) is 6.29. The van der Waals surface area contributed by atoms with E-state index in [-0.39, 0.29) is 0 Å². The monoisotopic (exact) mass is 277 g/mol. The van der Waals surface area contributed by atoms with Crippen molar-refractivity contribution >= 4 is 39.4 Å². The third-order valence-corrected chi connectivity index (χ3v) is 3.87. The normalized spacial score (nSPS) is 14.2. The number of rotatable bonds is 2. The summed E-state index contributed by atoms with van der Waals surface area (Å²) < 4.78 is 1.89. The minimum atomic E-state index is 0.485. The molecule has 0 radical (unpaired) electrons. The zero-order valence-electron chi connectivity index (χ0n) is 11.7. The third-order valence-electron chi connectivity index (χ3n) is 3.87. The number of nitrogens with zero attached hydrogens (tertiary/aromatic N) is 4. The predicted molar refractivity (Wildman–Crippen MR) is 86.5 cm³/mol. The first kappa shape index (κ1) is 12.1. The molecule has 4 rings (SSSR count). The molecule has 0 saturated carbocycles. The Labute approximate surface area is 121 Å². The van der Waals surface area contributed by atoms with Crippen molar-refractivity contribution in [3.05, 3.63) is 36.0 Å². The molecule has 0 aliphatic carbocycles. The van der Waals surface area contributed by atoms with Crippen molar-refractivity contribution in [1.29, 1.82) is 0 Å². The first-order chi connectivity index (χ1) is 10.3. The topological polar surface area (TPSA) is 69.1 Å². The largest absolute Gasteiger partial charge is 0.382 e. The molecule has 2 aromatic heterocycles. The molecule has 0 unspecified atom stereocenters. The van der Waals surface area contributed by atoms with Crippen molar-refractivity contribution in [1.82, 2.24) is 14.8 Å². The smallest absolute Gasteiger partial charge is 0.152 e. The fourth-order valence-corrected chi connectivity index (χ4v) is 2.74. The van der Waals surface area contributed by atoms with Crippen molar-refractivity contribution in [2.45, 2.75) is 13.5 Å². The van der Waals surface area contributed by atoms with E-state index in [1.54, 1.807) is 0 Å². The van der Waals surface area contributed by atoms with Gasteiger partial charge in [-0.2, -0.15) is 5.10 Å². The molecule has 0 bridgehead atoms. The molecule has 1 aliphatic heterocycles. The van der Waals surface area contributed by atoms with Gasteiger partial charge in [-0.05, 0) is 30.2 Å². The van der Waals surface area contributed by atoms with Gasteiger partial charge in [0.15, 0.2) is 5.82 Å². The number of pyridine rings is 1. The Bertz CT molecular complexity index is 917. The summed E-state index contributed by atoms with van der Waals surface area (Å²) >= 11 is 0. The second-order valence-corrected chi connectivity index (χ2v) is 5.16. The molecular weight excluding hydrogens is 262 g/mol. The van der Waals surface area contributed by atoms with Gasteiger partial charge < -0.3 is 5.73 Å². The van der Waals surface area contributed by atoms with Gasteiger partial charge >= 0.3 is 0 Å². The van der Waals surface area contributed by atoms with Crippen LogP contribution in [0.1, 0.15) is 12.5 Å². The average Bonchev–Trinajstić information content (AvgIpc) is 3.16. The second kappa shape index (κ2) is 4.41. The molecular formula is C16H15N5. The average molecular weight is 277 g/mol. The van der Waals surface area contributed by atoms with Crippen LogP contribution < -0.4 is 5.73 Å². The van der Waals surface area contributed by atoms with E-state index in [0.29, 0.717) is 5.82 Å². The van der Waals surface area contributed by atoms with E-state index < -0.39 is 0 Å². The summed E-state index contributed by atoms with van der Waals surface area (Å²) in [5, 5.41) is 6.62. The molecule has 3 aromatic rings. The van der Waals surface area contributed by atoms with Crippen LogP contribution in [0.15, 0.2) is 35.5 Å². The van der Waals surface area contributed by atoms with Crippen molar-refractivity contribution in [3.8, 4) is 0 Å². The maximum Gasteiger partial charge on any atom is 0.152 e. The number of aliphatic imine (C=N–C) groups is 1. The van der Waals surface area contributed by atoms with Crippen molar-refractivity contribution < 1.29 is 0 Å². The molecule has 5 nitrogen and oxygen atoms in total. The Hall–Kier alpha value is -2.69. The maximum atomic E-state index is 6.07. The van der Waals surface area contributed by atoms with Gasteiger partial charge in [0.1, 0.15) is 5.52 Å². The van der Waals surface area contributed by atoms with Gasteiger partial charge in [0.2, 0.25) is 0 Å². The van der Waals surface area contributed by atoms with Gasteiger partial charge in [-0.15, -0.1) is 0 Å². The highest BCUT2D eigenvalue weighted by Gasteiger charge is 2.12. The summed E-state index contributed by atoms with van der Waals surface area (Å²) in [5.74, 6) is 0.485. The number of nitrogen functional groups attached to an aromatic ring is 1. The molecule has 21 heavy (non-hydrogen) atoms. The lowest BCUT2D eigenvalue weighted by molar-refractivity contribution is 0.668. The molecule has 2 N–H and O–H groups in total. The van der Waals surface area contributed by atoms with Crippen LogP contribution in [0.4, 0.5) is 5.82 Å². The van der Waals surface area contributed by atoms with Crippen molar-refractivity contribution in [2.24, 2.45) is 4.99 Å². The standard InChI is InChI=1S/C16H15N5/c1-2-21-9-13-12-4-3-10(11-5-6-18-8-11)7-14(12)19-16(17)15(13)20-21/h3-7,9H,2,8H2,1H3,(H2,17,19). The molecule has 0 saturated heterocycles. The molecule has 0 fully saturated rings. The number of fused-ring (bicyclic) bond motifs is 3. The molecule has 0 amide bonds. The van der Waals surface area contributed by atoms with Crippen LogP contribution in [0.2, 0.25) is 0 Å². The number of aryl methyl sites for hydroxylation is 1. The van der Waals surface area contributed by atoms with E-state index in [1.807, 2.05) is 23.2 Å². The van der Waals surface area contributed by atoms with Crippen molar-refractivity contribution in [3.63, 3.8) is 0 Å². The van der Waals surface area contributed by atoms with Gasteiger partial charge in [0, 0.05) is 29.7 Å². The Balaban J connectivity index is 1.98. The van der Waals surface area contributed by atoms with Crippen LogP contribution in [0.25, 0.3) is 27.4 Å². The summed E-state index contributed by atoms with van der Waals surface area (Å²) in [6.45, 7) is 3.61. The van der Waals surface area contributed by atoms with Crippen LogP contribution in [-0.2, 0) is 6.54 Å². The zero-order chi connectivity index (χ0) is 14.4. The lowest BCUT2D eigenvalue weighted by atomic mass is 10.0. The SMILES string of the molecule is CCn1cc2c(n1)c(N)nc1cc(C3=CC=NC3)ccc12. The number of benzene rings is 1. The van der Waals surface area contributed by atoms with E-state index in [9.17, 15) is 0 Å². The van der Waals surface area contributed by atoms with Gasteiger partial charge in [-0.25, -0.2) is 4.98 Å². The third kappa shape index (κ3) is 1.81. The second-order valence-electron chi connectivity index (χ2n) is 5.16. The predicted octanol–water partition coefficient (Wildman–Crippen LogP) is 2.65. The summed E-state index contributed by atoms with van der Waals surface area (Å²) in [4.78, 5) is 8.74. The fraction of sp³-hybridized carbons (Fsp3) is 0.188. The summed E-state index contributed by atoms with van der Waals surface area (Å²) in [6.07, 6.45) is 5.92. The minimum Gasteiger partial charge on any atom is -0.382 e. The van der Waals surface area contributed by atoms with Gasteiger partial charge in [0.05, 0.1) is 12.1 Å². The van der Waals surface area contributed by atoms with E-state index in [1.165, 1.54) is 5.57 Å². The lowest BCUT2D eigenvalue weighted by Crippen LogP contribution is -1.96. The van der Waals surface area contributed by atoms with Crippen LogP contribution in [0.3, 0.4) is 0 Å². The highest BCUT2D eigenvalue weighted by atomic mass is 15.3. The Morgan fingerprint density at radius 1 is 1.29 bits per heavy atom.